The number of fused-ring (bicyclic) bond motifs is 2. The lowest BCUT2D eigenvalue weighted by molar-refractivity contribution is -0.434. The van der Waals surface area contributed by atoms with Gasteiger partial charge in [-0.25, -0.2) is 0 Å². The van der Waals surface area contributed by atoms with Crippen molar-refractivity contribution in [1.82, 2.24) is 20.4 Å². The molecule has 10 nitrogen and oxygen atoms in total. The lowest BCUT2D eigenvalue weighted by atomic mass is 9.94. The van der Waals surface area contributed by atoms with Gasteiger partial charge < -0.3 is 22.2 Å². The van der Waals surface area contributed by atoms with Gasteiger partial charge in [0.2, 0.25) is 11.4 Å². The Balaban J connectivity index is 0.00000116. The molecule has 4 N–H and O–H groups in total. The van der Waals surface area contributed by atoms with Crippen molar-refractivity contribution in [2.45, 2.75) is 13.8 Å². The normalized spacial score (nSPS) is 12.8. The van der Waals surface area contributed by atoms with Crippen molar-refractivity contribution >= 4 is 62.7 Å². The first-order valence-corrected chi connectivity index (χ1v) is 20.3. The van der Waals surface area contributed by atoms with E-state index in [1.165, 1.54) is 0 Å². The molecule has 15 heteroatoms. The number of halogens is 4. The van der Waals surface area contributed by atoms with E-state index in [0.29, 0.717) is 34.6 Å². The molecule has 0 spiro atoms. The Labute approximate surface area is 363 Å². The van der Waals surface area contributed by atoms with Crippen LogP contribution in [-0.2, 0) is 0 Å². The Morgan fingerprint density at radius 3 is 1.61 bits per heavy atom. The van der Waals surface area contributed by atoms with E-state index >= 15 is 0 Å². The lowest BCUT2D eigenvalue weighted by Gasteiger charge is -2.24. The van der Waals surface area contributed by atoms with Crippen LogP contribution in [-0.4, -0.2) is 51.0 Å². The zero-order valence-electron chi connectivity index (χ0n) is 34.6. The molecular formula is C49H41BF4N6O4. The maximum absolute atomic E-state index is 12.5. The van der Waals surface area contributed by atoms with E-state index in [1.807, 2.05) is 62.4 Å². The maximum Gasteiger partial charge on any atom is 0.673 e. The van der Waals surface area contributed by atoms with Crippen LogP contribution in [0.2, 0.25) is 0 Å². The third-order valence-electron chi connectivity index (χ3n) is 10.5. The fourth-order valence-electron chi connectivity index (χ4n) is 7.53. The molecule has 1 aliphatic rings. The highest BCUT2D eigenvalue weighted by Gasteiger charge is 2.21. The van der Waals surface area contributed by atoms with Crippen LogP contribution in [0.3, 0.4) is 0 Å². The maximum atomic E-state index is 12.5. The van der Waals surface area contributed by atoms with E-state index in [9.17, 15) is 36.4 Å². The van der Waals surface area contributed by atoms with Gasteiger partial charge in [0.05, 0.1) is 21.5 Å². The van der Waals surface area contributed by atoms with E-state index in [-0.39, 0.29) is 22.2 Å². The third kappa shape index (κ3) is 10.2. The van der Waals surface area contributed by atoms with Crippen molar-refractivity contribution in [1.29, 1.82) is 0 Å². The summed E-state index contributed by atoms with van der Waals surface area (Å²) in [6, 6.07) is 39.5. The number of rotatable bonds is 10. The summed E-state index contributed by atoms with van der Waals surface area (Å²) < 4.78 is 41.1. The van der Waals surface area contributed by atoms with Crippen LogP contribution in [0.25, 0.3) is 32.7 Å². The van der Waals surface area contributed by atoms with E-state index < -0.39 is 7.25 Å². The van der Waals surface area contributed by atoms with Crippen molar-refractivity contribution in [2.24, 2.45) is 0 Å². The summed E-state index contributed by atoms with van der Waals surface area (Å²) in [7, 11) is -6.00. The summed E-state index contributed by atoms with van der Waals surface area (Å²) in [5, 5.41) is 11.0. The molecule has 8 rings (SSSR count). The number of nitrogens with one attached hydrogen (secondary N) is 4. The number of H-pyrrole nitrogens is 4. The molecule has 2 heterocycles. The highest BCUT2D eigenvalue weighted by atomic mass is 19.5. The number of nitrogens with zero attached hydrogens (tertiary/aromatic N) is 2. The predicted octanol–water partition coefficient (Wildman–Crippen LogP) is 9.58. The molecule has 0 fully saturated rings. The molecule has 64 heavy (non-hydrogen) atoms. The zero-order valence-corrected chi connectivity index (χ0v) is 34.6. The fraction of sp³-hybridized carbons (Fsp3) is 0.0816. The van der Waals surface area contributed by atoms with Crippen molar-refractivity contribution in [2.75, 3.05) is 18.0 Å². The molecule has 0 bridgehead atoms. The SMILES string of the molecule is CCN(c1ccc(/C(=C/C=C/C(=C2C=CC(=[N+](CC)c3ccc4c(=O)[nH][nH]c(=O)c4c3)C=C2)c2ccccc2)c2ccccc2)cc1)c1ccc2c(=O)[nH][nH]c(=O)c2c1.F[B-](F)(F)F. The molecule has 2 aromatic heterocycles. The molecule has 322 valence electrons. The first-order chi connectivity index (χ1) is 30.8. The van der Waals surface area contributed by atoms with Gasteiger partial charge in [-0.1, -0.05) is 91.0 Å². The second kappa shape index (κ2) is 19.3. The standard InChI is InChI=1S/C49H40N6O4.BF4/c1-3-54(38-26-28-42-44(30-38)48(58)52-50-46(42)56)36-22-18-34(19-23-36)40(32-12-7-5-8-13-32)16-11-17-41(33-14-9-6-10-15-33)35-20-24-37(25-21-35)55(4-2)39-27-29-43-45(31-39)49(59)53-51-47(43)57;2-1(3,4)5/h5-31H,3-4H2,1-2H3,(H3-,50,51,52,53,56,57,58,59);/q;-1/p+1. The Hall–Kier alpha value is -8.07. The van der Waals surface area contributed by atoms with Gasteiger partial charge in [-0.05, 0) is 95.8 Å². The molecule has 0 aliphatic heterocycles. The Bertz CT molecular complexity index is 3250. The van der Waals surface area contributed by atoms with Crippen LogP contribution in [0.1, 0.15) is 30.5 Å². The van der Waals surface area contributed by atoms with Gasteiger partial charge in [0, 0.05) is 42.2 Å². The molecule has 0 radical (unpaired) electrons. The summed E-state index contributed by atoms with van der Waals surface area (Å²) in [6.07, 6.45) is 14.7. The molecule has 0 amide bonds. The largest absolute Gasteiger partial charge is 0.673 e. The van der Waals surface area contributed by atoms with Crippen LogP contribution < -0.4 is 27.1 Å². The topological polar surface area (TPSA) is 138 Å². The summed E-state index contributed by atoms with van der Waals surface area (Å²) in [5.74, 6) is 0. The smallest absolute Gasteiger partial charge is 0.418 e. The number of hydrogen-bond donors (Lipinski definition) is 4. The van der Waals surface area contributed by atoms with Crippen LogP contribution >= 0.6 is 0 Å². The number of aromatic nitrogens is 4. The highest BCUT2D eigenvalue weighted by molar-refractivity contribution is 6.50. The van der Waals surface area contributed by atoms with Crippen LogP contribution in [0, 0.1) is 0 Å². The predicted molar refractivity (Wildman–Crippen MR) is 249 cm³/mol. The second-order valence-corrected chi connectivity index (χ2v) is 14.4. The molecule has 0 unspecified atom stereocenters. The summed E-state index contributed by atoms with van der Waals surface area (Å²) >= 11 is 0. The van der Waals surface area contributed by atoms with Gasteiger partial charge in [0.15, 0.2) is 0 Å². The number of allylic oxidation sites excluding steroid dienone is 9. The van der Waals surface area contributed by atoms with E-state index in [2.05, 4.69) is 121 Å². The minimum absolute atomic E-state index is 0.336. The van der Waals surface area contributed by atoms with Crippen molar-refractivity contribution in [3.05, 3.63) is 228 Å². The van der Waals surface area contributed by atoms with Gasteiger partial charge >= 0.3 is 7.25 Å². The molecule has 5 aromatic carbocycles. The Kier molecular flexibility index (Phi) is 13.3. The summed E-state index contributed by atoms with van der Waals surface area (Å²) in [4.78, 5) is 51.8. The quantitative estimate of drug-likeness (QED) is 0.0470. The molecule has 1 aliphatic carbocycles. The number of benzene rings is 5. The average Bonchev–Trinajstić information content (AvgIpc) is 3.30. The van der Waals surface area contributed by atoms with Gasteiger partial charge in [-0.2, -0.15) is 4.58 Å². The summed E-state index contributed by atoms with van der Waals surface area (Å²) in [5.41, 5.74) is 8.48. The number of hydrogen-bond acceptors (Lipinski definition) is 5. The van der Waals surface area contributed by atoms with Gasteiger partial charge in [0.25, 0.3) is 22.2 Å². The van der Waals surface area contributed by atoms with Crippen molar-refractivity contribution in [3.8, 4) is 0 Å². The molecule has 0 saturated heterocycles. The first kappa shape index (κ1) is 44.0. The first-order valence-electron chi connectivity index (χ1n) is 20.3. The number of aromatic amines is 4. The van der Waals surface area contributed by atoms with E-state index in [0.717, 1.165) is 56.2 Å². The molecule has 0 saturated carbocycles. The van der Waals surface area contributed by atoms with Gasteiger partial charge in [-0.15, -0.1) is 0 Å². The van der Waals surface area contributed by atoms with Crippen LogP contribution in [0.4, 0.5) is 34.3 Å². The van der Waals surface area contributed by atoms with Crippen LogP contribution in [0.5, 0.6) is 0 Å². The molecule has 7 aromatic rings. The summed E-state index contributed by atoms with van der Waals surface area (Å²) in [6.45, 7) is 5.40. The Morgan fingerprint density at radius 2 is 1.06 bits per heavy atom. The second-order valence-electron chi connectivity index (χ2n) is 14.4. The monoisotopic (exact) mass is 864 g/mol. The Morgan fingerprint density at radius 1 is 0.578 bits per heavy atom. The average molecular weight is 865 g/mol. The fourth-order valence-corrected chi connectivity index (χ4v) is 7.53. The zero-order chi connectivity index (χ0) is 45.4. The lowest BCUT2D eigenvalue weighted by Crippen LogP contribution is -2.20. The van der Waals surface area contributed by atoms with Gasteiger partial charge in [-0.3, -0.25) is 39.6 Å². The minimum atomic E-state index is -6.00. The van der Waals surface area contributed by atoms with Crippen molar-refractivity contribution < 1.29 is 21.8 Å². The van der Waals surface area contributed by atoms with E-state index in [4.69, 9.17) is 0 Å². The highest BCUT2D eigenvalue weighted by Crippen LogP contribution is 2.31. The molecular weight excluding hydrogens is 823 g/mol. The number of anilines is 2. The third-order valence-corrected chi connectivity index (χ3v) is 10.5. The van der Waals surface area contributed by atoms with Gasteiger partial charge in [0.1, 0.15) is 6.54 Å². The van der Waals surface area contributed by atoms with E-state index in [1.54, 1.807) is 24.3 Å². The molecule has 0 atom stereocenters. The van der Waals surface area contributed by atoms with Crippen LogP contribution in [0.15, 0.2) is 189 Å². The van der Waals surface area contributed by atoms with Crippen molar-refractivity contribution in [3.63, 3.8) is 0 Å². The minimum Gasteiger partial charge on any atom is -0.418 e.